The van der Waals surface area contributed by atoms with Crippen LogP contribution in [0.4, 0.5) is 15.2 Å². The number of amides is 1. The van der Waals surface area contributed by atoms with E-state index in [0.29, 0.717) is 18.8 Å². The molecule has 1 heterocycles. The second kappa shape index (κ2) is 9.48. The van der Waals surface area contributed by atoms with Crippen LogP contribution in [0.2, 0.25) is 0 Å². The van der Waals surface area contributed by atoms with E-state index in [9.17, 15) is 9.18 Å². The molecule has 3 rings (SSSR count). The molecule has 0 radical (unpaired) electrons. The molecule has 0 spiro atoms. The minimum atomic E-state index is -0.319. The third kappa shape index (κ3) is 5.51. The lowest BCUT2D eigenvalue weighted by molar-refractivity contribution is -0.116. The SMILES string of the molecule is CCN(C(=O)CSc1nnc(NCc2ccccc2)s1)c1ccc(F)cc1. The standard InChI is InChI=1S/C19H19FN4OS2/c1-2-24(16-10-8-15(20)9-11-16)17(25)13-26-19-23-22-18(27-19)21-12-14-6-4-3-5-7-14/h3-11H,2,12-13H2,1H3,(H,21,22). The van der Waals surface area contributed by atoms with Gasteiger partial charge in [-0.1, -0.05) is 53.4 Å². The number of hydrogen-bond acceptors (Lipinski definition) is 6. The molecule has 140 valence electrons. The van der Waals surface area contributed by atoms with Crippen molar-refractivity contribution in [2.75, 3.05) is 22.5 Å². The molecular weight excluding hydrogens is 383 g/mol. The number of rotatable bonds is 8. The number of thioether (sulfide) groups is 1. The molecule has 1 aromatic heterocycles. The maximum absolute atomic E-state index is 13.1. The number of halogens is 1. The maximum atomic E-state index is 13.1. The highest BCUT2D eigenvalue weighted by Crippen LogP contribution is 2.26. The Morgan fingerprint density at radius 3 is 2.59 bits per heavy atom. The van der Waals surface area contributed by atoms with Crippen molar-refractivity contribution in [2.24, 2.45) is 0 Å². The van der Waals surface area contributed by atoms with Crippen molar-refractivity contribution in [3.05, 3.63) is 66.0 Å². The first-order chi connectivity index (χ1) is 13.2. The Morgan fingerprint density at radius 2 is 1.89 bits per heavy atom. The first kappa shape index (κ1) is 19.3. The van der Waals surface area contributed by atoms with Crippen LogP contribution in [-0.4, -0.2) is 28.4 Å². The van der Waals surface area contributed by atoms with Crippen LogP contribution in [0, 0.1) is 5.82 Å². The summed E-state index contributed by atoms with van der Waals surface area (Å²) in [6.45, 7) is 3.08. The summed E-state index contributed by atoms with van der Waals surface area (Å²) in [6.07, 6.45) is 0. The van der Waals surface area contributed by atoms with Gasteiger partial charge in [0, 0.05) is 18.8 Å². The van der Waals surface area contributed by atoms with Crippen LogP contribution in [0.5, 0.6) is 0 Å². The summed E-state index contributed by atoms with van der Waals surface area (Å²) in [4.78, 5) is 14.1. The van der Waals surface area contributed by atoms with Crippen LogP contribution in [0.15, 0.2) is 58.9 Å². The van der Waals surface area contributed by atoms with Crippen LogP contribution in [0.1, 0.15) is 12.5 Å². The van der Waals surface area contributed by atoms with Crippen molar-refractivity contribution in [1.29, 1.82) is 0 Å². The van der Waals surface area contributed by atoms with Gasteiger partial charge in [0.25, 0.3) is 0 Å². The van der Waals surface area contributed by atoms with E-state index in [1.807, 2.05) is 37.3 Å². The Labute approximate surface area is 165 Å². The summed E-state index contributed by atoms with van der Waals surface area (Å²) in [5.74, 6) is -0.123. The maximum Gasteiger partial charge on any atom is 0.237 e. The van der Waals surface area contributed by atoms with Crippen LogP contribution >= 0.6 is 23.1 Å². The molecule has 0 saturated heterocycles. The summed E-state index contributed by atoms with van der Waals surface area (Å²) in [5.41, 5.74) is 1.85. The topological polar surface area (TPSA) is 58.1 Å². The summed E-state index contributed by atoms with van der Waals surface area (Å²) < 4.78 is 13.8. The van der Waals surface area contributed by atoms with E-state index >= 15 is 0 Å². The zero-order chi connectivity index (χ0) is 19.1. The zero-order valence-corrected chi connectivity index (χ0v) is 16.4. The number of nitrogens with zero attached hydrogens (tertiary/aromatic N) is 3. The molecule has 0 unspecified atom stereocenters. The highest BCUT2D eigenvalue weighted by molar-refractivity contribution is 8.01. The van der Waals surface area contributed by atoms with Crippen LogP contribution < -0.4 is 10.2 Å². The minimum Gasteiger partial charge on any atom is -0.356 e. The van der Waals surface area contributed by atoms with Crippen molar-refractivity contribution in [1.82, 2.24) is 10.2 Å². The first-order valence-corrected chi connectivity index (χ1v) is 10.3. The molecule has 27 heavy (non-hydrogen) atoms. The molecule has 2 aromatic carbocycles. The van der Waals surface area contributed by atoms with Crippen molar-refractivity contribution in [2.45, 2.75) is 17.8 Å². The van der Waals surface area contributed by atoms with Crippen LogP contribution in [0.3, 0.4) is 0 Å². The second-order valence-corrected chi connectivity index (χ2v) is 7.82. The van der Waals surface area contributed by atoms with E-state index in [0.717, 1.165) is 15.0 Å². The van der Waals surface area contributed by atoms with Crippen molar-refractivity contribution < 1.29 is 9.18 Å². The largest absolute Gasteiger partial charge is 0.356 e. The Balaban J connectivity index is 1.52. The molecule has 0 aliphatic rings. The van der Waals surface area contributed by atoms with Crippen molar-refractivity contribution >= 4 is 39.8 Å². The van der Waals surface area contributed by atoms with Gasteiger partial charge in [0.2, 0.25) is 11.0 Å². The van der Waals surface area contributed by atoms with Gasteiger partial charge in [-0.2, -0.15) is 0 Å². The summed E-state index contributed by atoms with van der Waals surface area (Å²) in [7, 11) is 0. The molecule has 1 amide bonds. The predicted octanol–water partition coefficient (Wildman–Crippen LogP) is 4.43. The number of carbonyl (C=O) groups is 1. The molecule has 0 saturated carbocycles. The molecule has 0 atom stereocenters. The molecule has 3 aromatic rings. The Morgan fingerprint density at radius 1 is 1.15 bits per heavy atom. The average molecular weight is 403 g/mol. The molecule has 5 nitrogen and oxygen atoms in total. The summed E-state index contributed by atoms with van der Waals surface area (Å²) in [5, 5.41) is 12.2. The van der Waals surface area contributed by atoms with E-state index in [1.54, 1.807) is 17.0 Å². The van der Waals surface area contributed by atoms with Crippen LogP contribution in [-0.2, 0) is 11.3 Å². The zero-order valence-electron chi connectivity index (χ0n) is 14.8. The molecule has 1 N–H and O–H groups in total. The number of aromatic nitrogens is 2. The lowest BCUT2D eigenvalue weighted by Gasteiger charge is -2.20. The fourth-order valence-corrected chi connectivity index (χ4v) is 4.06. The Kier molecular flexibility index (Phi) is 6.78. The molecular formula is C19H19FN4OS2. The number of carbonyl (C=O) groups excluding carboxylic acids is 1. The van der Waals surface area contributed by atoms with Gasteiger partial charge in [0.15, 0.2) is 4.34 Å². The molecule has 8 heteroatoms. The van der Waals surface area contributed by atoms with Gasteiger partial charge < -0.3 is 10.2 Å². The molecule has 0 fully saturated rings. The smallest absolute Gasteiger partial charge is 0.237 e. The van der Waals surface area contributed by atoms with Crippen LogP contribution in [0.25, 0.3) is 0 Å². The number of hydrogen-bond donors (Lipinski definition) is 1. The minimum absolute atomic E-state index is 0.0527. The van der Waals surface area contributed by atoms with Gasteiger partial charge in [-0.25, -0.2) is 4.39 Å². The first-order valence-electron chi connectivity index (χ1n) is 8.45. The van der Waals surface area contributed by atoms with E-state index in [4.69, 9.17) is 0 Å². The van der Waals surface area contributed by atoms with E-state index in [2.05, 4.69) is 15.5 Å². The third-order valence-electron chi connectivity index (χ3n) is 3.77. The Hall–Kier alpha value is -2.45. The molecule has 0 aliphatic carbocycles. The monoisotopic (exact) mass is 402 g/mol. The highest BCUT2D eigenvalue weighted by Gasteiger charge is 2.15. The van der Waals surface area contributed by atoms with Gasteiger partial charge in [-0.3, -0.25) is 4.79 Å². The molecule has 0 aliphatic heterocycles. The number of anilines is 2. The van der Waals surface area contributed by atoms with Gasteiger partial charge in [-0.15, -0.1) is 10.2 Å². The fourth-order valence-electron chi connectivity index (χ4n) is 2.44. The lowest BCUT2D eigenvalue weighted by Crippen LogP contribution is -2.32. The normalized spacial score (nSPS) is 10.6. The van der Waals surface area contributed by atoms with E-state index in [1.165, 1.54) is 35.2 Å². The van der Waals surface area contributed by atoms with E-state index in [-0.39, 0.29) is 17.5 Å². The van der Waals surface area contributed by atoms with Crippen molar-refractivity contribution in [3.63, 3.8) is 0 Å². The summed E-state index contributed by atoms with van der Waals surface area (Å²) in [6, 6.07) is 16.0. The molecule has 0 bridgehead atoms. The van der Waals surface area contributed by atoms with Gasteiger partial charge in [0.1, 0.15) is 5.82 Å². The van der Waals surface area contributed by atoms with Crippen molar-refractivity contribution in [3.8, 4) is 0 Å². The van der Waals surface area contributed by atoms with E-state index < -0.39 is 0 Å². The quantitative estimate of drug-likeness (QED) is 0.565. The number of benzene rings is 2. The lowest BCUT2D eigenvalue weighted by atomic mass is 10.2. The second-order valence-electron chi connectivity index (χ2n) is 5.62. The highest BCUT2D eigenvalue weighted by atomic mass is 32.2. The fraction of sp³-hybridized carbons (Fsp3) is 0.211. The third-order valence-corrected chi connectivity index (χ3v) is 5.77. The average Bonchev–Trinajstić information content (AvgIpc) is 3.15. The predicted molar refractivity (Wildman–Crippen MR) is 109 cm³/mol. The van der Waals surface area contributed by atoms with Gasteiger partial charge in [-0.05, 0) is 36.8 Å². The van der Waals surface area contributed by atoms with Gasteiger partial charge >= 0.3 is 0 Å². The number of nitrogens with one attached hydrogen (secondary N) is 1. The van der Waals surface area contributed by atoms with Gasteiger partial charge in [0.05, 0.1) is 5.75 Å². The summed E-state index contributed by atoms with van der Waals surface area (Å²) >= 11 is 2.77. The Bertz CT molecular complexity index is 871.